The molecule has 33 heavy (non-hydrogen) atoms. The van der Waals surface area contributed by atoms with Gasteiger partial charge in [0.1, 0.15) is 5.75 Å². The number of esters is 1. The number of carbonyl (C=O) groups is 1. The van der Waals surface area contributed by atoms with E-state index in [0.29, 0.717) is 13.0 Å². The van der Waals surface area contributed by atoms with Gasteiger partial charge in [-0.3, -0.25) is 4.79 Å². The maximum absolute atomic E-state index is 11.6. The number of rotatable bonds is 16. The molecule has 0 aliphatic carbocycles. The van der Waals surface area contributed by atoms with Crippen LogP contribution in [0.4, 0.5) is 0 Å². The molecule has 3 aromatic carbocycles. The zero-order chi connectivity index (χ0) is 23.1. The first-order valence-electron chi connectivity index (χ1n) is 13.0. The molecule has 0 saturated carbocycles. The molecule has 3 rings (SSSR count). The lowest BCUT2D eigenvalue weighted by molar-refractivity contribution is -0.143. The van der Waals surface area contributed by atoms with Gasteiger partial charge in [0.15, 0.2) is 0 Å². The van der Waals surface area contributed by atoms with E-state index in [2.05, 4.69) is 61.5 Å². The fraction of sp³-hybridized carbons (Fsp3) is 0.500. The Morgan fingerprint density at radius 1 is 0.667 bits per heavy atom. The zero-order valence-electron chi connectivity index (χ0n) is 20.3. The Kier molecular flexibility index (Phi) is 11.1. The molecule has 0 aliphatic rings. The number of carbonyl (C=O) groups excluding carboxylic acids is 1. The molecule has 0 N–H and O–H groups in total. The van der Waals surface area contributed by atoms with E-state index in [1.54, 1.807) is 0 Å². The van der Waals surface area contributed by atoms with Crippen LogP contribution in [0.15, 0.2) is 54.6 Å². The first-order chi connectivity index (χ1) is 16.3. The molecule has 0 fully saturated rings. The van der Waals surface area contributed by atoms with Crippen LogP contribution in [0.3, 0.4) is 0 Å². The van der Waals surface area contributed by atoms with Crippen LogP contribution in [-0.2, 0) is 9.53 Å². The Hall–Kier alpha value is -2.55. The number of benzene rings is 3. The van der Waals surface area contributed by atoms with Gasteiger partial charge >= 0.3 is 5.97 Å². The van der Waals surface area contributed by atoms with Gasteiger partial charge in [0.25, 0.3) is 0 Å². The van der Waals surface area contributed by atoms with Crippen molar-refractivity contribution in [1.82, 2.24) is 0 Å². The summed E-state index contributed by atoms with van der Waals surface area (Å²) >= 11 is 0. The van der Waals surface area contributed by atoms with Gasteiger partial charge in [0.2, 0.25) is 0 Å². The van der Waals surface area contributed by atoms with Crippen molar-refractivity contribution in [2.24, 2.45) is 0 Å². The standard InChI is InChI=1S/C30H40O3/c1-2-3-21-33-30(31)20-11-9-7-5-4-6-8-10-14-22-32-29-19-15-18-27-23-25-16-12-13-17-26(25)24-28(27)29/h12-13,15-19,23-24H,2-11,14,20-22H2,1H3. The Labute approximate surface area is 199 Å². The van der Waals surface area contributed by atoms with Gasteiger partial charge in [-0.05, 0) is 53.6 Å². The molecule has 3 heteroatoms. The lowest BCUT2D eigenvalue weighted by Crippen LogP contribution is -2.05. The van der Waals surface area contributed by atoms with Crippen LogP contribution in [0.2, 0.25) is 0 Å². The van der Waals surface area contributed by atoms with Crippen molar-refractivity contribution in [3.8, 4) is 5.75 Å². The first-order valence-corrected chi connectivity index (χ1v) is 13.0. The average molecular weight is 449 g/mol. The topological polar surface area (TPSA) is 35.5 Å². The molecule has 0 heterocycles. The van der Waals surface area contributed by atoms with Crippen molar-refractivity contribution < 1.29 is 14.3 Å². The molecule has 0 radical (unpaired) electrons. The predicted molar refractivity (Wildman–Crippen MR) is 139 cm³/mol. The zero-order valence-corrected chi connectivity index (χ0v) is 20.3. The van der Waals surface area contributed by atoms with Crippen LogP contribution in [0.5, 0.6) is 5.75 Å². The summed E-state index contributed by atoms with van der Waals surface area (Å²) in [6.07, 6.45) is 13.4. The highest BCUT2D eigenvalue weighted by Crippen LogP contribution is 2.30. The van der Waals surface area contributed by atoms with E-state index in [9.17, 15) is 4.79 Å². The molecule has 3 nitrogen and oxygen atoms in total. The third-order valence-corrected chi connectivity index (χ3v) is 6.25. The molecule has 0 unspecified atom stereocenters. The van der Waals surface area contributed by atoms with Gasteiger partial charge in [-0.25, -0.2) is 0 Å². The maximum atomic E-state index is 11.6. The van der Waals surface area contributed by atoms with E-state index in [4.69, 9.17) is 9.47 Å². The Bertz CT molecular complexity index is 979. The van der Waals surface area contributed by atoms with Gasteiger partial charge in [-0.2, -0.15) is 0 Å². The molecule has 0 spiro atoms. The predicted octanol–water partition coefficient (Wildman–Crippen LogP) is 8.62. The van der Waals surface area contributed by atoms with Crippen LogP contribution in [0.1, 0.15) is 84.0 Å². The normalized spacial score (nSPS) is 11.2. The molecular weight excluding hydrogens is 408 g/mol. The van der Waals surface area contributed by atoms with E-state index >= 15 is 0 Å². The largest absolute Gasteiger partial charge is 0.493 e. The van der Waals surface area contributed by atoms with Crippen LogP contribution < -0.4 is 4.74 Å². The summed E-state index contributed by atoms with van der Waals surface area (Å²) in [5, 5.41) is 4.96. The summed E-state index contributed by atoms with van der Waals surface area (Å²) in [7, 11) is 0. The minimum absolute atomic E-state index is 0.0254. The van der Waals surface area contributed by atoms with Crippen molar-refractivity contribution in [3.05, 3.63) is 54.6 Å². The average Bonchev–Trinajstić information content (AvgIpc) is 2.83. The highest BCUT2D eigenvalue weighted by Gasteiger charge is 2.05. The maximum Gasteiger partial charge on any atom is 0.305 e. The summed E-state index contributed by atoms with van der Waals surface area (Å²) in [5.41, 5.74) is 0. The second kappa shape index (κ2) is 14.6. The lowest BCUT2D eigenvalue weighted by atomic mass is 10.0. The van der Waals surface area contributed by atoms with Gasteiger partial charge in [-0.15, -0.1) is 0 Å². The third-order valence-electron chi connectivity index (χ3n) is 6.25. The summed E-state index contributed by atoms with van der Waals surface area (Å²) < 4.78 is 11.3. The fourth-order valence-electron chi connectivity index (χ4n) is 4.26. The van der Waals surface area contributed by atoms with Crippen LogP contribution >= 0.6 is 0 Å². The van der Waals surface area contributed by atoms with E-state index in [1.165, 1.54) is 60.1 Å². The van der Waals surface area contributed by atoms with Gasteiger partial charge in [0.05, 0.1) is 13.2 Å². The second-order valence-electron chi connectivity index (χ2n) is 9.03. The monoisotopic (exact) mass is 448 g/mol. The summed E-state index contributed by atoms with van der Waals surface area (Å²) in [6, 6.07) is 19.3. The van der Waals surface area contributed by atoms with Gasteiger partial charge in [-0.1, -0.05) is 94.7 Å². The third kappa shape index (κ3) is 8.72. The van der Waals surface area contributed by atoms with Crippen LogP contribution in [-0.4, -0.2) is 19.2 Å². The number of ether oxygens (including phenoxy) is 2. The van der Waals surface area contributed by atoms with E-state index in [-0.39, 0.29) is 5.97 Å². The number of hydrogen-bond donors (Lipinski definition) is 0. The van der Waals surface area contributed by atoms with Crippen molar-refractivity contribution in [2.45, 2.75) is 84.0 Å². The Balaban J connectivity index is 1.22. The van der Waals surface area contributed by atoms with Crippen molar-refractivity contribution >= 4 is 27.5 Å². The Morgan fingerprint density at radius 2 is 1.30 bits per heavy atom. The van der Waals surface area contributed by atoms with Gasteiger partial charge in [0, 0.05) is 11.8 Å². The highest BCUT2D eigenvalue weighted by molar-refractivity contribution is 6.00. The first kappa shape index (κ1) is 25.1. The molecule has 3 aromatic rings. The molecule has 0 atom stereocenters. The molecule has 0 amide bonds. The number of unbranched alkanes of at least 4 members (excludes halogenated alkanes) is 9. The van der Waals surface area contributed by atoms with Crippen molar-refractivity contribution in [2.75, 3.05) is 13.2 Å². The molecular formula is C30H40O3. The summed E-state index contributed by atoms with van der Waals surface area (Å²) in [5.74, 6) is 0.968. The summed E-state index contributed by atoms with van der Waals surface area (Å²) in [4.78, 5) is 11.6. The molecule has 0 aromatic heterocycles. The van der Waals surface area contributed by atoms with Crippen molar-refractivity contribution in [3.63, 3.8) is 0 Å². The molecule has 0 saturated heterocycles. The minimum atomic E-state index is -0.0254. The van der Waals surface area contributed by atoms with E-state index < -0.39 is 0 Å². The van der Waals surface area contributed by atoms with Gasteiger partial charge < -0.3 is 9.47 Å². The minimum Gasteiger partial charge on any atom is -0.493 e. The van der Waals surface area contributed by atoms with E-state index in [1.807, 2.05) is 0 Å². The highest BCUT2D eigenvalue weighted by atomic mass is 16.5. The Morgan fingerprint density at radius 3 is 2.03 bits per heavy atom. The summed E-state index contributed by atoms with van der Waals surface area (Å²) in [6.45, 7) is 3.47. The lowest BCUT2D eigenvalue weighted by Gasteiger charge is -2.10. The van der Waals surface area contributed by atoms with Crippen LogP contribution in [0.25, 0.3) is 21.5 Å². The van der Waals surface area contributed by atoms with Crippen LogP contribution in [0, 0.1) is 0 Å². The molecule has 178 valence electrons. The molecule has 0 aliphatic heterocycles. The smallest absolute Gasteiger partial charge is 0.305 e. The SMILES string of the molecule is CCCCOC(=O)CCCCCCCCCCCOc1cccc2cc3ccccc3cc12. The number of fused-ring (bicyclic) bond motifs is 2. The molecule has 0 bridgehead atoms. The fourth-order valence-corrected chi connectivity index (χ4v) is 4.26. The number of hydrogen-bond acceptors (Lipinski definition) is 3. The van der Waals surface area contributed by atoms with E-state index in [0.717, 1.165) is 44.5 Å². The second-order valence-corrected chi connectivity index (χ2v) is 9.03. The quantitative estimate of drug-likeness (QED) is 0.125. The van der Waals surface area contributed by atoms with Crippen molar-refractivity contribution in [1.29, 1.82) is 0 Å².